The Morgan fingerprint density at radius 3 is 2.68 bits per heavy atom. The molecule has 2 aliphatic rings. The molecule has 0 aromatic heterocycles. The summed E-state index contributed by atoms with van der Waals surface area (Å²) in [5.74, 6) is 0.366. The number of benzene rings is 2. The van der Waals surface area contributed by atoms with Gasteiger partial charge in [-0.25, -0.2) is 4.39 Å². The highest BCUT2D eigenvalue weighted by atomic mass is 19.1. The minimum Gasteiger partial charge on any atom is -0.496 e. The lowest BCUT2D eigenvalue weighted by atomic mass is 9.77. The van der Waals surface area contributed by atoms with Crippen LogP contribution in [-0.4, -0.2) is 25.1 Å². The zero-order valence-electron chi connectivity index (χ0n) is 15.8. The molecule has 1 saturated carbocycles. The van der Waals surface area contributed by atoms with Crippen LogP contribution in [0.5, 0.6) is 5.75 Å². The Morgan fingerprint density at radius 1 is 1.11 bits per heavy atom. The molecule has 1 heterocycles. The molecule has 1 aliphatic heterocycles. The number of ketones is 1. The van der Waals surface area contributed by atoms with Crippen LogP contribution in [0.15, 0.2) is 54.8 Å². The van der Waals surface area contributed by atoms with Crippen LogP contribution in [0.3, 0.4) is 0 Å². The predicted molar refractivity (Wildman–Crippen MR) is 103 cm³/mol. The second-order valence-electron chi connectivity index (χ2n) is 7.25. The van der Waals surface area contributed by atoms with Crippen LogP contribution in [0.25, 0.3) is 5.57 Å². The third kappa shape index (κ3) is 3.80. The summed E-state index contributed by atoms with van der Waals surface area (Å²) in [6, 6.07) is 13.8. The molecule has 0 spiro atoms. The first-order valence-corrected chi connectivity index (χ1v) is 9.55. The molecule has 146 valence electrons. The fourth-order valence-electron chi connectivity index (χ4n) is 3.97. The van der Waals surface area contributed by atoms with Crippen molar-refractivity contribution >= 4 is 11.4 Å². The standard InChI is InChI=1S/C23H23FO4/c1-26-21-5-3-2-4-18(21)20-14-28-22-12-17(10-11-19(22)23(20)25)27-13-15-6-8-16(24)9-7-15/h2-9,14,17,19,22H,10-13H2,1H3. The summed E-state index contributed by atoms with van der Waals surface area (Å²) >= 11 is 0. The van der Waals surface area contributed by atoms with E-state index in [4.69, 9.17) is 14.2 Å². The zero-order chi connectivity index (χ0) is 19.5. The van der Waals surface area contributed by atoms with E-state index in [1.54, 1.807) is 25.5 Å². The van der Waals surface area contributed by atoms with Gasteiger partial charge >= 0.3 is 0 Å². The van der Waals surface area contributed by atoms with Crippen LogP contribution in [0.2, 0.25) is 0 Å². The average molecular weight is 382 g/mol. The summed E-state index contributed by atoms with van der Waals surface area (Å²) in [4.78, 5) is 13.1. The molecule has 4 rings (SSSR count). The maximum atomic E-state index is 13.1. The van der Waals surface area contributed by atoms with Gasteiger partial charge in [0.05, 0.1) is 37.6 Å². The first-order valence-electron chi connectivity index (χ1n) is 9.55. The van der Waals surface area contributed by atoms with E-state index in [2.05, 4.69) is 0 Å². The number of carbonyl (C=O) groups is 1. The quantitative estimate of drug-likeness (QED) is 0.762. The van der Waals surface area contributed by atoms with Crippen molar-refractivity contribution in [2.75, 3.05) is 7.11 Å². The number of fused-ring (bicyclic) bond motifs is 1. The van der Waals surface area contributed by atoms with Crippen LogP contribution in [-0.2, 0) is 20.9 Å². The van der Waals surface area contributed by atoms with Gasteiger partial charge < -0.3 is 14.2 Å². The number of rotatable bonds is 5. The third-order valence-electron chi connectivity index (χ3n) is 5.50. The minimum atomic E-state index is -0.254. The molecule has 2 aromatic rings. The largest absolute Gasteiger partial charge is 0.496 e. The molecule has 1 fully saturated rings. The lowest BCUT2D eigenvalue weighted by Crippen LogP contribution is -2.41. The Hall–Kier alpha value is -2.66. The Balaban J connectivity index is 1.42. The Bertz CT molecular complexity index is 874. The highest BCUT2D eigenvalue weighted by molar-refractivity contribution is 6.22. The van der Waals surface area contributed by atoms with E-state index in [-0.39, 0.29) is 29.7 Å². The summed E-state index contributed by atoms with van der Waals surface area (Å²) in [6.07, 6.45) is 3.64. The predicted octanol–water partition coefficient (Wildman–Crippen LogP) is 4.53. The van der Waals surface area contributed by atoms with E-state index >= 15 is 0 Å². The van der Waals surface area contributed by atoms with Crippen molar-refractivity contribution in [2.24, 2.45) is 5.92 Å². The molecular weight excluding hydrogens is 359 g/mol. The average Bonchev–Trinajstić information content (AvgIpc) is 2.73. The van der Waals surface area contributed by atoms with Gasteiger partial charge in [-0.2, -0.15) is 0 Å². The Labute approximate surface area is 163 Å². The van der Waals surface area contributed by atoms with Crippen molar-refractivity contribution in [1.82, 2.24) is 0 Å². The van der Waals surface area contributed by atoms with Gasteiger partial charge in [0.25, 0.3) is 0 Å². The number of methoxy groups -OCH3 is 1. The molecule has 5 heteroatoms. The zero-order valence-corrected chi connectivity index (χ0v) is 15.8. The summed E-state index contributed by atoms with van der Waals surface area (Å²) in [5, 5.41) is 0. The van der Waals surface area contributed by atoms with Crippen LogP contribution >= 0.6 is 0 Å². The molecule has 0 N–H and O–H groups in total. The number of hydrogen-bond donors (Lipinski definition) is 0. The summed E-state index contributed by atoms with van der Waals surface area (Å²) < 4.78 is 30.3. The number of carbonyl (C=O) groups excluding carboxylic acids is 1. The van der Waals surface area contributed by atoms with E-state index < -0.39 is 0 Å². The molecule has 4 nitrogen and oxygen atoms in total. The molecule has 2 aromatic carbocycles. The molecule has 0 saturated heterocycles. The second-order valence-corrected chi connectivity index (χ2v) is 7.25. The molecule has 28 heavy (non-hydrogen) atoms. The van der Waals surface area contributed by atoms with E-state index in [0.717, 1.165) is 24.0 Å². The van der Waals surface area contributed by atoms with E-state index in [0.29, 0.717) is 24.4 Å². The van der Waals surface area contributed by atoms with Crippen LogP contribution in [0.4, 0.5) is 4.39 Å². The molecule has 0 bridgehead atoms. The molecule has 1 aliphatic carbocycles. The maximum Gasteiger partial charge on any atom is 0.173 e. The minimum absolute atomic E-state index is 0.0281. The Morgan fingerprint density at radius 2 is 1.89 bits per heavy atom. The Kier molecular flexibility index (Phi) is 5.44. The van der Waals surface area contributed by atoms with Gasteiger partial charge in [0.1, 0.15) is 17.7 Å². The summed E-state index contributed by atoms with van der Waals surface area (Å²) in [6.45, 7) is 0.429. The number of Topliss-reactive ketones (excluding diaryl/α,β-unsaturated/α-hetero) is 1. The van der Waals surface area contributed by atoms with Crippen LogP contribution in [0, 0.1) is 11.7 Å². The molecule has 3 unspecified atom stereocenters. The normalized spacial score (nSPS) is 24.1. The van der Waals surface area contributed by atoms with Gasteiger partial charge in [-0.15, -0.1) is 0 Å². The number of ether oxygens (including phenoxy) is 3. The van der Waals surface area contributed by atoms with Gasteiger partial charge in [-0.1, -0.05) is 30.3 Å². The second kappa shape index (κ2) is 8.15. The van der Waals surface area contributed by atoms with Crippen molar-refractivity contribution in [2.45, 2.75) is 38.1 Å². The van der Waals surface area contributed by atoms with E-state index in [9.17, 15) is 9.18 Å². The van der Waals surface area contributed by atoms with Crippen LogP contribution in [0.1, 0.15) is 30.4 Å². The van der Waals surface area contributed by atoms with E-state index in [1.807, 2.05) is 24.3 Å². The van der Waals surface area contributed by atoms with Gasteiger partial charge in [0.15, 0.2) is 5.78 Å². The molecule has 0 radical (unpaired) electrons. The van der Waals surface area contributed by atoms with Crippen molar-refractivity contribution in [3.8, 4) is 5.75 Å². The molecular formula is C23H23FO4. The van der Waals surface area contributed by atoms with Crippen molar-refractivity contribution in [1.29, 1.82) is 0 Å². The fourth-order valence-corrected chi connectivity index (χ4v) is 3.97. The fraction of sp³-hybridized carbons (Fsp3) is 0.348. The highest BCUT2D eigenvalue weighted by Crippen LogP contribution is 2.39. The topological polar surface area (TPSA) is 44.8 Å². The molecule has 0 amide bonds. The van der Waals surface area contributed by atoms with E-state index in [1.165, 1.54) is 12.1 Å². The third-order valence-corrected chi connectivity index (χ3v) is 5.50. The monoisotopic (exact) mass is 382 g/mol. The summed E-state index contributed by atoms with van der Waals surface area (Å²) in [7, 11) is 1.60. The highest BCUT2D eigenvalue weighted by Gasteiger charge is 2.41. The van der Waals surface area contributed by atoms with Gasteiger partial charge in [0, 0.05) is 12.0 Å². The first-order chi connectivity index (χ1) is 13.7. The first kappa shape index (κ1) is 18.7. The maximum absolute atomic E-state index is 13.1. The van der Waals surface area contributed by atoms with Gasteiger partial charge in [-0.3, -0.25) is 4.79 Å². The lowest BCUT2D eigenvalue weighted by Gasteiger charge is -2.37. The van der Waals surface area contributed by atoms with Gasteiger partial charge in [-0.05, 0) is 36.6 Å². The SMILES string of the molecule is COc1ccccc1C1=COC2CC(OCc3ccc(F)cc3)CCC2C1=O. The number of para-hydroxylation sites is 1. The lowest BCUT2D eigenvalue weighted by molar-refractivity contribution is -0.128. The van der Waals surface area contributed by atoms with Crippen molar-refractivity contribution in [3.05, 3.63) is 71.7 Å². The van der Waals surface area contributed by atoms with Crippen LogP contribution < -0.4 is 4.74 Å². The van der Waals surface area contributed by atoms with Gasteiger partial charge in [0.2, 0.25) is 0 Å². The van der Waals surface area contributed by atoms with Crippen molar-refractivity contribution < 1.29 is 23.4 Å². The number of halogens is 1. The number of allylic oxidation sites excluding steroid dienone is 1. The summed E-state index contributed by atoms with van der Waals surface area (Å²) in [5.41, 5.74) is 2.27. The molecule has 3 atom stereocenters. The smallest absolute Gasteiger partial charge is 0.173 e. The van der Waals surface area contributed by atoms with Crippen molar-refractivity contribution in [3.63, 3.8) is 0 Å². The number of hydrogen-bond acceptors (Lipinski definition) is 4.